The first-order valence-corrected chi connectivity index (χ1v) is 7.15. The molecule has 0 radical (unpaired) electrons. The summed E-state index contributed by atoms with van der Waals surface area (Å²) in [4.78, 5) is 13.4. The van der Waals surface area contributed by atoms with Gasteiger partial charge in [-0.1, -0.05) is 6.07 Å². The van der Waals surface area contributed by atoms with Crippen molar-refractivity contribution in [1.82, 2.24) is 5.32 Å². The fourth-order valence-corrected chi connectivity index (χ4v) is 2.48. The summed E-state index contributed by atoms with van der Waals surface area (Å²) in [6, 6.07) is 11.5. The zero-order chi connectivity index (χ0) is 13.9. The first-order valence-electron chi connectivity index (χ1n) is 6.36. The molecular formula is C14H14BrN3O2. The van der Waals surface area contributed by atoms with E-state index in [-0.39, 0.29) is 6.03 Å². The summed E-state index contributed by atoms with van der Waals surface area (Å²) in [6.07, 6.45) is 0. The van der Waals surface area contributed by atoms with E-state index in [4.69, 9.17) is 4.42 Å². The second-order valence-corrected chi connectivity index (χ2v) is 5.27. The van der Waals surface area contributed by atoms with Crippen LogP contribution in [-0.4, -0.2) is 19.1 Å². The second kappa shape index (κ2) is 5.58. The lowest BCUT2D eigenvalue weighted by Gasteiger charge is -2.15. The lowest BCUT2D eigenvalue weighted by Crippen LogP contribution is -2.27. The molecule has 1 aromatic heterocycles. The molecule has 2 N–H and O–H groups in total. The molecule has 1 aromatic carbocycles. The monoisotopic (exact) mass is 335 g/mol. The minimum absolute atomic E-state index is 0.0443. The number of urea groups is 1. The van der Waals surface area contributed by atoms with E-state index >= 15 is 0 Å². The Labute approximate surface area is 125 Å². The van der Waals surface area contributed by atoms with Gasteiger partial charge in [-0.05, 0) is 46.3 Å². The van der Waals surface area contributed by atoms with Crippen molar-refractivity contribution < 1.29 is 9.21 Å². The molecule has 1 aliphatic heterocycles. The van der Waals surface area contributed by atoms with E-state index in [1.165, 1.54) is 0 Å². The van der Waals surface area contributed by atoms with E-state index in [0.29, 0.717) is 19.6 Å². The standard InChI is InChI=1S/C14H14BrN3O2/c15-13-5-4-12(20-13)9-17-10-2-1-3-11(8-10)18-7-6-16-14(18)19/h1-5,8,17H,6-7,9H2,(H,16,19). The third-order valence-corrected chi connectivity index (χ3v) is 3.54. The number of nitrogens with zero attached hydrogens (tertiary/aromatic N) is 1. The highest BCUT2D eigenvalue weighted by atomic mass is 79.9. The van der Waals surface area contributed by atoms with Crippen LogP contribution in [0.15, 0.2) is 45.5 Å². The molecule has 2 heterocycles. The van der Waals surface area contributed by atoms with Gasteiger partial charge in [0.25, 0.3) is 0 Å². The number of carbonyl (C=O) groups is 1. The van der Waals surface area contributed by atoms with Gasteiger partial charge in [0.15, 0.2) is 4.67 Å². The molecular weight excluding hydrogens is 322 g/mol. The third kappa shape index (κ3) is 2.80. The smallest absolute Gasteiger partial charge is 0.321 e. The largest absolute Gasteiger partial charge is 0.452 e. The molecule has 5 nitrogen and oxygen atoms in total. The Balaban J connectivity index is 1.69. The molecule has 0 unspecified atom stereocenters. The Morgan fingerprint density at radius 2 is 2.25 bits per heavy atom. The zero-order valence-corrected chi connectivity index (χ0v) is 12.3. The van der Waals surface area contributed by atoms with Gasteiger partial charge in [-0.15, -0.1) is 0 Å². The van der Waals surface area contributed by atoms with E-state index in [9.17, 15) is 4.79 Å². The molecule has 2 aromatic rings. The van der Waals surface area contributed by atoms with Gasteiger partial charge in [0, 0.05) is 24.5 Å². The van der Waals surface area contributed by atoms with Crippen LogP contribution in [0.3, 0.4) is 0 Å². The molecule has 0 atom stereocenters. The topological polar surface area (TPSA) is 57.5 Å². The molecule has 6 heteroatoms. The van der Waals surface area contributed by atoms with E-state index in [0.717, 1.165) is 21.8 Å². The predicted octanol–water partition coefficient (Wildman–Crippen LogP) is 3.18. The summed E-state index contributed by atoms with van der Waals surface area (Å²) in [5.74, 6) is 0.848. The van der Waals surface area contributed by atoms with Crippen molar-refractivity contribution in [3.05, 3.63) is 46.8 Å². The Morgan fingerprint density at radius 1 is 1.35 bits per heavy atom. The molecule has 1 fully saturated rings. The zero-order valence-electron chi connectivity index (χ0n) is 10.7. The molecule has 0 saturated carbocycles. The number of hydrogen-bond acceptors (Lipinski definition) is 3. The molecule has 20 heavy (non-hydrogen) atoms. The SMILES string of the molecule is O=C1NCCN1c1cccc(NCc2ccc(Br)o2)c1. The van der Waals surface area contributed by atoms with Crippen molar-refractivity contribution in [2.45, 2.75) is 6.54 Å². The van der Waals surface area contributed by atoms with Crippen LogP contribution in [0, 0.1) is 0 Å². The maximum absolute atomic E-state index is 11.6. The van der Waals surface area contributed by atoms with Gasteiger partial charge in [0.1, 0.15) is 5.76 Å². The van der Waals surface area contributed by atoms with Crippen LogP contribution in [0.4, 0.5) is 16.2 Å². The van der Waals surface area contributed by atoms with Crippen molar-refractivity contribution in [3.63, 3.8) is 0 Å². The fraction of sp³-hybridized carbons (Fsp3) is 0.214. The summed E-state index contributed by atoms with van der Waals surface area (Å²) in [5.41, 5.74) is 1.85. The fourth-order valence-electron chi connectivity index (χ4n) is 2.14. The molecule has 1 saturated heterocycles. The van der Waals surface area contributed by atoms with Gasteiger partial charge in [0.05, 0.1) is 6.54 Å². The van der Waals surface area contributed by atoms with Crippen LogP contribution in [0.1, 0.15) is 5.76 Å². The first kappa shape index (κ1) is 13.1. The average Bonchev–Trinajstić information content (AvgIpc) is 3.05. The molecule has 0 spiro atoms. The van der Waals surface area contributed by atoms with Crippen molar-refractivity contribution >= 4 is 33.3 Å². The van der Waals surface area contributed by atoms with E-state index in [1.807, 2.05) is 36.4 Å². The third-order valence-electron chi connectivity index (χ3n) is 3.11. The van der Waals surface area contributed by atoms with Crippen LogP contribution >= 0.6 is 15.9 Å². The highest BCUT2D eigenvalue weighted by molar-refractivity contribution is 9.10. The Bertz CT molecular complexity index is 626. The van der Waals surface area contributed by atoms with Crippen LogP contribution in [0.5, 0.6) is 0 Å². The highest BCUT2D eigenvalue weighted by Crippen LogP contribution is 2.22. The predicted molar refractivity (Wildman–Crippen MR) is 80.9 cm³/mol. The Morgan fingerprint density at radius 3 is 2.95 bits per heavy atom. The minimum atomic E-state index is -0.0443. The summed E-state index contributed by atoms with van der Waals surface area (Å²) in [5, 5.41) is 6.07. The van der Waals surface area contributed by atoms with Gasteiger partial charge >= 0.3 is 6.03 Å². The van der Waals surface area contributed by atoms with Gasteiger partial charge in [-0.2, -0.15) is 0 Å². The maximum Gasteiger partial charge on any atom is 0.321 e. The molecule has 0 bridgehead atoms. The number of halogens is 1. The van der Waals surface area contributed by atoms with Crippen LogP contribution in [0.2, 0.25) is 0 Å². The van der Waals surface area contributed by atoms with Crippen molar-refractivity contribution in [1.29, 1.82) is 0 Å². The minimum Gasteiger partial charge on any atom is -0.452 e. The van der Waals surface area contributed by atoms with E-state index < -0.39 is 0 Å². The van der Waals surface area contributed by atoms with Crippen molar-refractivity contribution in [2.24, 2.45) is 0 Å². The number of benzene rings is 1. The lowest BCUT2D eigenvalue weighted by molar-refractivity contribution is 0.252. The Kier molecular flexibility index (Phi) is 3.64. The van der Waals surface area contributed by atoms with E-state index in [1.54, 1.807) is 4.90 Å². The summed E-state index contributed by atoms with van der Waals surface area (Å²) >= 11 is 3.28. The lowest BCUT2D eigenvalue weighted by atomic mass is 10.2. The number of amides is 2. The highest BCUT2D eigenvalue weighted by Gasteiger charge is 2.20. The van der Waals surface area contributed by atoms with Crippen LogP contribution in [0.25, 0.3) is 0 Å². The number of hydrogen-bond donors (Lipinski definition) is 2. The van der Waals surface area contributed by atoms with Gasteiger partial charge in [-0.25, -0.2) is 4.79 Å². The number of nitrogens with one attached hydrogen (secondary N) is 2. The van der Waals surface area contributed by atoms with Gasteiger partial charge in [0.2, 0.25) is 0 Å². The molecule has 2 amide bonds. The van der Waals surface area contributed by atoms with Crippen LogP contribution in [-0.2, 0) is 6.54 Å². The molecule has 1 aliphatic rings. The second-order valence-electron chi connectivity index (χ2n) is 4.49. The maximum atomic E-state index is 11.6. The molecule has 3 rings (SSSR count). The van der Waals surface area contributed by atoms with Crippen LogP contribution < -0.4 is 15.5 Å². The van der Waals surface area contributed by atoms with Gasteiger partial charge in [-0.3, -0.25) is 4.90 Å². The number of rotatable bonds is 4. The normalized spacial score (nSPS) is 14.4. The van der Waals surface area contributed by atoms with Gasteiger partial charge < -0.3 is 15.1 Å². The van der Waals surface area contributed by atoms with Crippen molar-refractivity contribution in [2.75, 3.05) is 23.3 Å². The van der Waals surface area contributed by atoms with Crippen molar-refractivity contribution in [3.8, 4) is 0 Å². The first-order chi connectivity index (χ1) is 9.72. The Hall–Kier alpha value is -1.95. The summed E-state index contributed by atoms with van der Waals surface area (Å²) in [7, 11) is 0. The molecule has 0 aliphatic carbocycles. The average molecular weight is 336 g/mol. The number of furan rings is 1. The number of anilines is 2. The number of carbonyl (C=O) groups excluding carboxylic acids is 1. The summed E-state index contributed by atoms with van der Waals surface area (Å²) < 4.78 is 6.15. The summed E-state index contributed by atoms with van der Waals surface area (Å²) in [6.45, 7) is 1.99. The van der Waals surface area contributed by atoms with E-state index in [2.05, 4.69) is 26.6 Å². The quantitative estimate of drug-likeness (QED) is 0.902. The molecule has 104 valence electrons.